The van der Waals surface area contributed by atoms with Crippen LogP contribution in [0.25, 0.3) is 0 Å². The normalized spacial score (nSPS) is 25.9. The topological polar surface area (TPSA) is 24.5 Å². The number of ether oxygens (including phenoxy) is 1. The number of rotatable bonds is 5. The Hall–Kier alpha value is -0.900. The molecule has 3 nitrogen and oxygen atoms in total. The van der Waals surface area contributed by atoms with Gasteiger partial charge in [-0.25, -0.2) is 0 Å². The standard InChI is InChI=1S/C17H28N2O/c1-14(2)16(12-20-4)19-11-10-18-17(3,13-19)15-8-6-5-7-9-15/h5-9,14,16,18H,10-13H2,1-4H3. The molecular formula is C17H28N2O. The summed E-state index contributed by atoms with van der Waals surface area (Å²) in [5.74, 6) is 0.605. The molecule has 0 radical (unpaired) electrons. The predicted octanol–water partition coefficient (Wildman–Crippen LogP) is 2.48. The van der Waals surface area contributed by atoms with E-state index in [2.05, 4.69) is 61.3 Å². The first-order valence-electron chi connectivity index (χ1n) is 7.60. The zero-order valence-electron chi connectivity index (χ0n) is 13.2. The van der Waals surface area contributed by atoms with Crippen molar-refractivity contribution < 1.29 is 4.74 Å². The monoisotopic (exact) mass is 276 g/mol. The number of nitrogens with zero attached hydrogens (tertiary/aromatic N) is 1. The molecule has 1 N–H and O–H groups in total. The molecule has 0 aromatic heterocycles. The van der Waals surface area contributed by atoms with Crippen LogP contribution in [0.1, 0.15) is 26.3 Å². The minimum absolute atomic E-state index is 0.0282. The van der Waals surface area contributed by atoms with Crippen LogP contribution < -0.4 is 5.32 Å². The maximum absolute atomic E-state index is 5.43. The summed E-state index contributed by atoms with van der Waals surface area (Å²) in [5.41, 5.74) is 1.39. The molecule has 0 saturated carbocycles. The number of methoxy groups -OCH3 is 1. The second-order valence-electron chi connectivity index (χ2n) is 6.36. The Bertz CT molecular complexity index is 407. The molecule has 112 valence electrons. The molecule has 0 aliphatic carbocycles. The lowest BCUT2D eigenvalue weighted by Crippen LogP contribution is -2.60. The Morgan fingerprint density at radius 1 is 1.30 bits per heavy atom. The van der Waals surface area contributed by atoms with Gasteiger partial charge >= 0.3 is 0 Å². The zero-order chi connectivity index (χ0) is 14.6. The molecule has 1 aliphatic rings. The van der Waals surface area contributed by atoms with Crippen LogP contribution in [0.2, 0.25) is 0 Å². The molecule has 2 unspecified atom stereocenters. The summed E-state index contributed by atoms with van der Waals surface area (Å²) in [5, 5.41) is 3.70. The van der Waals surface area contributed by atoms with E-state index >= 15 is 0 Å². The Balaban J connectivity index is 2.15. The summed E-state index contributed by atoms with van der Waals surface area (Å²) in [4.78, 5) is 2.58. The van der Waals surface area contributed by atoms with Crippen molar-refractivity contribution in [2.24, 2.45) is 5.92 Å². The lowest BCUT2D eigenvalue weighted by atomic mass is 9.88. The van der Waals surface area contributed by atoms with E-state index < -0.39 is 0 Å². The Kier molecular flexibility index (Phi) is 5.19. The van der Waals surface area contributed by atoms with Crippen molar-refractivity contribution >= 4 is 0 Å². The molecule has 1 aromatic rings. The maximum Gasteiger partial charge on any atom is 0.0620 e. The van der Waals surface area contributed by atoms with Crippen LogP contribution in [-0.4, -0.2) is 44.3 Å². The number of piperazine rings is 1. The first-order chi connectivity index (χ1) is 9.57. The summed E-state index contributed by atoms with van der Waals surface area (Å²) in [7, 11) is 1.80. The van der Waals surface area contributed by atoms with E-state index in [1.54, 1.807) is 7.11 Å². The average Bonchev–Trinajstić information content (AvgIpc) is 2.45. The van der Waals surface area contributed by atoms with Gasteiger partial charge in [-0.1, -0.05) is 44.2 Å². The summed E-state index contributed by atoms with van der Waals surface area (Å²) in [6.45, 7) is 10.8. The highest BCUT2D eigenvalue weighted by molar-refractivity contribution is 5.25. The quantitative estimate of drug-likeness (QED) is 0.894. The lowest BCUT2D eigenvalue weighted by Gasteiger charge is -2.46. The average molecular weight is 276 g/mol. The fraction of sp³-hybridized carbons (Fsp3) is 0.647. The molecule has 20 heavy (non-hydrogen) atoms. The molecule has 1 aliphatic heterocycles. The van der Waals surface area contributed by atoms with Gasteiger partial charge in [0.2, 0.25) is 0 Å². The van der Waals surface area contributed by atoms with Gasteiger partial charge in [-0.3, -0.25) is 4.90 Å². The zero-order valence-corrected chi connectivity index (χ0v) is 13.2. The van der Waals surface area contributed by atoms with E-state index in [9.17, 15) is 0 Å². The highest BCUT2D eigenvalue weighted by Gasteiger charge is 2.35. The lowest BCUT2D eigenvalue weighted by molar-refractivity contribution is 0.0272. The second-order valence-corrected chi connectivity index (χ2v) is 6.36. The molecule has 2 atom stereocenters. The minimum Gasteiger partial charge on any atom is -0.383 e. The van der Waals surface area contributed by atoms with Gasteiger partial charge < -0.3 is 10.1 Å². The fourth-order valence-electron chi connectivity index (χ4n) is 3.19. The maximum atomic E-state index is 5.43. The van der Waals surface area contributed by atoms with Crippen molar-refractivity contribution in [3.05, 3.63) is 35.9 Å². The Labute approximate surface area is 123 Å². The molecule has 1 fully saturated rings. The molecule has 0 spiro atoms. The van der Waals surface area contributed by atoms with Gasteiger partial charge in [0, 0.05) is 32.8 Å². The van der Waals surface area contributed by atoms with Gasteiger partial charge in [0.25, 0.3) is 0 Å². The summed E-state index contributed by atoms with van der Waals surface area (Å²) in [6.07, 6.45) is 0. The largest absolute Gasteiger partial charge is 0.383 e. The first-order valence-corrected chi connectivity index (χ1v) is 7.60. The third kappa shape index (κ3) is 3.40. The second kappa shape index (κ2) is 6.70. The van der Waals surface area contributed by atoms with Crippen molar-refractivity contribution in [3.63, 3.8) is 0 Å². The van der Waals surface area contributed by atoms with Gasteiger partial charge in [0.1, 0.15) is 0 Å². The summed E-state index contributed by atoms with van der Waals surface area (Å²) in [6, 6.07) is 11.3. The van der Waals surface area contributed by atoms with E-state index in [1.807, 2.05) is 0 Å². The Morgan fingerprint density at radius 3 is 2.60 bits per heavy atom. The molecule has 2 rings (SSSR count). The van der Waals surface area contributed by atoms with Crippen LogP contribution in [0.15, 0.2) is 30.3 Å². The van der Waals surface area contributed by atoms with Gasteiger partial charge in [-0.05, 0) is 18.4 Å². The van der Waals surface area contributed by atoms with E-state index in [-0.39, 0.29) is 5.54 Å². The van der Waals surface area contributed by atoms with Crippen molar-refractivity contribution in [1.29, 1.82) is 0 Å². The third-order valence-electron chi connectivity index (χ3n) is 4.42. The van der Waals surface area contributed by atoms with Crippen molar-refractivity contribution in [3.8, 4) is 0 Å². The molecular weight excluding hydrogens is 248 g/mol. The first kappa shape index (κ1) is 15.5. The molecule has 3 heteroatoms. The van der Waals surface area contributed by atoms with E-state index in [1.165, 1.54) is 5.56 Å². The third-order valence-corrected chi connectivity index (χ3v) is 4.42. The van der Waals surface area contributed by atoms with Crippen LogP contribution in [0.4, 0.5) is 0 Å². The number of hydrogen-bond acceptors (Lipinski definition) is 3. The molecule has 1 saturated heterocycles. The molecule has 1 aromatic carbocycles. The number of nitrogens with one attached hydrogen (secondary N) is 1. The minimum atomic E-state index is 0.0282. The number of hydrogen-bond donors (Lipinski definition) is 1. The number of benzene rings is 1. The smallest absolute Gasteiger partial charge is 0.0620 e. The molecule has 0 bridgehead atoms. The Morgan fingerprint density at radius 2 is 2.00 bits per heavy atom. The van der Waals surface area contributed by atoms with Crippen molar-refractivity contribution in [2.45, 2.75) is 32.4 Å². The van der Waals surface area contributed by atoms with Crippen LogP contribution in [0.5, 0.6) is 0 Å². The van der Waals surface area contributed by atoms with E-state index in [4.69, 9.17) is 4.74 Å². The van der Waals surface area contributed by atoms with Gasteiger partial charge in [0.05, 0.1) is 12.1 Å². The van der Waals surface area contributed by atoms with E-state index in [0.717, 1.165) is 26.2 Å². The molecule has 0 amide bonds. The summed E-state index contributed by atoms with van der Waals surface area (Å²) >= 11 is 0. The van der Waals surface area contributed by atoms with E-state index in [0.29, 0.717) is 12.0 Å². The van der Waals surface area contributed by atoms with Crippen molar-refractivity contribution in [2.75, 3.05) is 33.4 Å². The van der Waals surface area contributed by atoms with Crippen LogP contribution in [0.3, 0.4) is 0 Å². The van der Waals surface area contributed by atoms with Crippen molar-refractivity contribution in [1.82, 2.24) is 10.2 Å². The van der Waals surface area contributed by atoms with Crippen LogP contribution >= 0.6 is 0 Å². The van der Waals surface area contributed by atoms with Crippen LogP contribution in [0, 0.1) is 5.92 Å². The highest BCUT2D eigenvalue weighted by Crippen LogP contribution is 2.26. The summed E-state index contributed by atoms with van der Waals surface area (Å²) < 4.78 is 5.43. The SMILES string of the molecule is COCC(C(C)C)N1CCNC(C)(c2ccccc2)C1. The molecule has 1 heterocycles. The fourth-order valence-corrected chi connectivity index (χ4v) is 3.19. The van der Waals surface area contributed by atoms with Crippen LogP contribution in [-0.2, 0) is 10.3 Å². The highest BCUT2D eigenvalue weighted by atomic mass is 16.5. The van der Waals surface area contributed by atoms with Gasteiger partial charge in [0.15, 0.2) is 0 Å². The van der Waals surface area contributed by atoms with Gasteiger partial charge in [-0.2, -0.15) is 0 Å². The predicted molar refractivity (Wildman–Crippen MR) is 83.9 cm³/mol. The van der Waals surface area contributed by atoms with Gasteiger partial charge in [-0.15, -0.1) is 0 Å².